The van der Waals surface area contributed by atoms with Crippen LogP contribution in [0.5, 0.6) is 5.75 Å². The predicted molar refractivity (Wildman–Crippen MR) is 120 cm³/mol. The van der Waals surface area contributed by atoms with Crippen LogP contribution in [0, 0.1) is 54.7 Å². The average molecular weight is 523 g/mol. The van der Waals surface area contributed by atoms with E-state index in [4.69, 9.17) is 4.74 Å². The van der Waals surface area contributed by atoms with Crippen LogP contribution in [0.3, 0.4) is 0 Å². The molecule has 0 N–H and O–H groups in total. The summed E-state index contributed by atoms with van der Waals surface area (Å²) in [7, 11) is 0. The number of rotatable bonds is 5. The van der Waals surface area contributed by atoms with Crippen LogP contribution in [-0.4, -0.2) is 6.10 Å². The zero-order valence-electron chi connectivity index (χ0n) is 16.9. The molecule has 1 aliphatic rings. The maximum Gasteiger partial charge on any atom is 0.119 e. The standard InChI is InChI=1S/C18H21OS.C7H9.Nd/c1-4-16(17-7-5-6-8-18(17)20)14-9-11-15(12-10-14)19-13(2)3;1-7-5-3-2-4-6-7;/h5-13,16,20H,1,4H2,2-3H3;2-3,5H,1,4,6H2;/q2*-1;. The Morgan fingerprint density at radius 3 is 2.21 bits per heavy atom. The summed E-state index contributed by atoms with van der Waals surface area (Å²) >= 11 is 4.55. The molecule has 3 heteroatoms. The summed E-state index contributed by atoms with van der Waals surface area (Å²) in [5.41, 5.74) is 3.73. The second-order valence-corrected chi connectivity index (χ2v) is 7.41. The van der Waals surface area contributed by atoms with Crippen molar-refractivity contribution in [2.75, 3.05) is 0 Å². The molecule has 0 bridgehead atoms. The number of hydrogen-bond acceptors (Lipinski definition) is 2. The molecule has 0 aromatic heterocycles. The first kappa shape index (κ1) is 25.3. The summed E-state index contributed by atoms with van der Waals surface area (Å²) in [6, 6.07) is 16.5. The van der Waals surface area contributed by atoms with Crippen LogP contribution in [0.25, 0.3) is 0 Å². The smallest absolute Gasteiger partial charge is 0.119 e. The van der Waals surface area contributed by atoms with Gasteiger partial charge in [0, 0.05) is 45.7 Å². The first-order valence-corrected chi connectivity index (χ1v) is 9.97. The van der Waals surface area contributed by atoms with Gasteiger partial charge in [0.1, 0.15) is 5.75 Å². The second kappa shape index (κ2) is 13.5. The van der Waals surface area contributed by atoms with Gasteiger partial charge in [-0.15, -0.1) is 24.8 Å². The van der Waals surface area contributed by atoms with E-state index >= 15 is 0 Å². The third-order valence-corrected chi connectivity index (χ3v) is 4.76. The number of hydrogen-bond donors (Lipinski definition) is 1. The van der Waals surface area contributed by atoms with Crippen molar-refractivity contribution in [2.24, 2.45) is 0 Å². The number of allylic oxidation sites excluding steroid dienone is 4. The molecule has 1 atom stereocenters. The quantitative estimate of drug-likeness (QED) is 0.322. The summed E-state index contributed by atoms with van der Waals surface area (Å²) < 4.78 is 5.68. The first-order valence-electron chi connectivity index (χ1n) is 9.52. The van der Waals surface area contributed by atoms with E-state index in [1.165, 1.54) is 23.1 Å². The van der Waals surface area contributed by atoms with E-state index in [1.807, 2.05) is 44.2 Å². The Morgan fingerprint density at radius 2 is 1.75 bits per heavy atom. The molecule has 148 valence electrons. The van der Waals surface area contributed by atoms with Crippen molar-refractivity contribution in [3.05, 3.63) is 97.3 Å². The molecular weight excluding hydrogens is 493 g/mol. The Kier molecular flexibility index (Phi) is 12.2. The topological polar surface area (TPSA) is 9.23 Å². The fourth-order valence-corrected chi connectivity index (χ4v) is 3.30. The SMILES string of the molecule is [CH2-]C1=CC=CCC1.[CH2-]CC(c1ccc(OC(C)C)cc1)c1ccccc1S.[Nd]. The van der Waals surface area contributed by atoms with Gasteiger partial charge in [0.2, 0.25) is 0 Å². The Balaban J connectivity index is 0.000000414. The molecule has 1 aliphatic carbocycles. The van der Waals surface area contributed by atoms with Crippen LogP contribution < -0.4 is 4.74 Å². The maximum absolute atomic E-state index is 5.68. The van der Waals surface area contributed by atoms with Crippen LogP contribution in [0.4, 0.5) is 0 Å². The summed E-state index contributed by atoms with van der Waals surface area (Å²) in [5.74, 6) is 1.18. The molecule has 0 saturated carbocycles. The number of thiol groups is 1. The normalized spacial score (nSPS) is 13.7. The fourth-order valence-electron chi connectivity index (χ4n) is 2.99. The molecule has 0 heterocycles. The van der Waals surface area contributed by atoms with E-state index in [1.54, 1.807) is 0 Å². The maximum atomic E-state index is 5.68. The zero-order valence-corrected chi connectivity index (χ0v) is 21.0. The third-order valence-electron chi connectivity index (χ3n) is 4.36. The molecule has 28 heavy (non-hydrogen) atoms. The van der Waals surface area contributed by atoms with E-state index in [0.717, 1.165) is 23.5 Å². The van der Waals surface area contributed by atoms with E-state index in [2.05, 4.69) is 62.9 Å². The fraction of sp³-hybridized carbons (Fsp3) is 0.280. The average Bonchev–Trinajstić information content (AvgIpc) is 2.66. The third kappa shape index (κ3) is 8.34. The molecular formula is C25H30NdOS-2. The van der Waals surface area contributed by atoms with Crippen LogP contribution in [0.1, 0.15) is 50.2 Å². The van der Waals surface area contributed by atoms with Crippen LogP contribution in [0.2, 0.25) is 0 Å². The van der Waals surface area contributed by atoms with Gasteiger partial charge in [-0.25, -0.2) is 18.6 Å². The number of ether oxygens (including phenoxy) is 1. The van der Waals surface area contributed by atoms with Crippen molar-refractivity contribution in [1.82, 2.24) is 0 Å². The molecule has 0 aliphatic heterocycles. The number of benzene rings is 2. The summed E-state index contributed by atoms with van der Waals surface area (Å²) in [5, 5.41) is 0. The Morgan fingerprint density at radius 1 is 1.07 bits per heavy atom. The molecule has 0 fully saturated rings. The Bertz CT molecular complexity index is 762. The largest absolute Gasteiger partial charge is 0.491 e. The summed E-state index contributed by atoms with van der Waals surface area (Å²) in [6.07, 6.45) is 9.61. The van der Waals surface area contributed by atoms with Gasteiger partial charge in [-0.3, -0.25) is 0 Å². The Hall–Kier alpha value is -0.709. The van der Waals surface area contributed by atoms with Gasteiger partial charge in [0.15, 0.2) is 0 Å². The van der Waals surface area contributed by atoms with Gasteiger partial charge in [-0.05, 0) is 55.5 Å². The molecule has 0 saturated heterocycles. The van der Waals surface area contributed by atoms with E-state index in [-0.39, 0.29) is 52.9 Å². The summed E-state index contributed by atoms with van der Waals surface area (Å²) in [4.78, 5) is 1.02. The molecule has 3 rings (SSSR count). The van der Waals surface area contributed by atoms with Crippen LogP contribution in [-0.2, 0) is 0 Å². The van der Waals surface area contributed by atoms with E-state index in [9.17, 15) is 0 Å². The molecule has 2 aromatic carbocycles. The van der Waals surface area contributed by atoms with Crippen molar-refractivity contribution in [3.8, 4) is 5.75 Å². The van der Waals surface area contributed by atoms with Gasteiger partial charge in [0.25, 0.3) is 0 Å². The van der Waals surface area contributed by atoms with Crippen LogP contribution in [0.15, 0.2) is 77.2 Å². The van der Waals surface area contributed by atoms with Gasteiger partial charge in [0.05, 0.1) is 6.10 Å². The monoisotopic (exact) mass is 520 g/mol. The van der Waals surface area contributed by atoms with Crippen LogP contribution >= 0.6 is 12.6 Å². The summed E-state index contributed by atoms with van der Waals surface area (Å²) in [6.45, 7) is 12.0. The minimum Gasteiger partial charge on any atom is -0.491 e. The van der Waals surface area contributed by atoms with E-state index in [0.29, 0.717) is 0 Å². The van der Waals surface area contributed by atoms with Gasteiger partial charge in [-0.2, -0.15) is 6.42 Å². The van der Waals surface area contributed by atoms with Gasteiger partial charge < -0.3 is 11.7 Å². The van der Waals surface area contributed by atoms with Crippen molar-refractivity contribution < 1.29 is 45.6 Å². The second-order valence-electron chi connectivity index (χ2n) is 6.93. The molecule has 1 unspecified atom stereocenters. The first-order chi connectivity index (χ1) is 13.0. The van der Waals surface area contributed by atoms with Crippen molar-refractivity contribution in [3.63, 3.8) is 0 Å². The predicted octanol–water partition coefficient (Wildman–Crippen LogP) is 7.22. The van der Waals surface area contributed by atoms with Crippen molar-refractivity contribution in [2.45, 2.75) is 50.0 Å². The molecule has 0 spiro atoms. The van der Waals surface area contributed by atoms with Crippen molar-refractivity contribution in [1.29, 1.82) is 0 Å². The molecule has 0 amide bonds. The van der Waals surface area contributed by atoms with Crippen molar-refractivity contribution >= 4 is 12.6 Å². The Labute approximate surface area is 209 Å². The zero-order chi connectivity index (χ0) is 19.6. The molecule has 2 aromatic rings. The van der Waals surface area contributed by atoms with Gasteiger partial charge in [-0.1, -0.05) is 36.8 Å². The van der Waals surface area contributed by atoms with Gasteiger partial charge >= 0.3 is 0 Å². The molecule has 0 radical (unpaired) electrons. The minimum atomic E-state index is 0. The molecule has 1 nitrogen and oxygen atoms in total. The van der Waals surface area contributed by atoms with E-state index < -0.39 is 0 Å². The minimum absolute atomic E-state index is 0.